The molecule has 0 unspecified atom stereocenters. The van der Waals surface area contributed by atoms with Crippen molar-refractivity contribution in [3.8, 4) is 0 Å². The molecule has 21 heavy (non-hydrogen) atoms. The van der Waals surface area contributed by atoms with Crippen LogP contribution in [0.5, 0.6) is 0 Å². The fourth-order valence-electron chi connectivity index (χ4n) is 3.05. The number of hydrogen-bond donors (Lipinski definition) is 1. The van der Waals surface area contributed by atoms with Gasteiger partial charge in [0.2, 0.25) is 10.0 Å². The van der Waals surface area contributed by atoms with Crippen LogP contribution in [0.15, 0.2) is 0 Å². The van der Waals surface area contributed by atoms with Gasteiger partial charge in [-0.25, -0.2) is 12.7 Å². The van der Waals surface area contributed by atoms with Crippen LogP contribution in [0.3, 0.4) is 0 Å². The third kappa shape index (κ3) is 2.97. The summed E-state index contributed by atoms with van der Waals surface area (Å²) in [5, 5.41) is 9.48. The maximum Gasteiger partial charge on any atom is 0.326 e. The number of rotatable bonds is 5. The molecule has 2 rings (SSSR count). The van der Waals surface area contributed by atoms with Gasteiger partial charge in [0, 0.05) is 45.6 Å². The van der Waals surface area contributed by atoms with Crippen molar-refractivity contribution in [1.29, 1.82) is 0 Å². The third-order valence-corrected chi connectivity index (χ3v) is 7.14. The van der Waals surface area contributed by atoms with Crippen molar-refractivity contribution in [1.82, 2.24) is 4.31 Å². The summed E-state index contributed by atoms with van der Waals surface area (Å²) in [5.74, 6) is -1.09. The number of carboxylic acid groups (broad SMARTS) is 1. The number of hydrogen-bond acceptors (Lipinski definition) is 5. The van der Waals surface area contributed by atoms with Crippen LogP contribution in [0.2, 0.25) is 0 Å². The van der Waals surface area contributed by atoms with E-state index in [0.29, 0.717) is 19.3 Å². The minimum absolute atomic E-state index is 0.0149. The second-order valence-corrected chi connectivity index (χ2v) is 7.91. The van der Waals surface area contributed by atoms with Crippen LogP contribution < -0.4 is 0 Å². The van der Waals surface area contributed by atoms with Crippen molar-refractivity contribution in [3.05, 3.63) is 0 Å². The van der Waals surface area contributed by atoms with Gasteiger partial charge >= 0.3 is 5.97 Å². The molecule has 0 aliphatic carbocycles. The SMILES string of the molecule is O=CCC1CCN(S(=O)(=O)C2(C(=O)O)CCOCC2)CC1. The average Bonchev–Trinajstić information content (AvgIpc) is 2.48. The van der Waals surface area contributed by atoms with E-state index in [0.717, 1.165) is 6.29 Å². The Morgan fingerprint density at radius 3 is 2.33 bits per heavy atom. The fourth-order valence-corrected chi connectivity index (χ4v) is 5.14. The molecule has 7 nitrogen and oxygen atoms in total. The highest BCUT2D eigenvalue weighted by Gasteiger charge is 2.54. The van der Waals surface area contributed by atoms with Gasteiger partial charge in [-0.3, -0.25) is 4.79 Å². The van der Waals surface area contributed by atoms with E-state index in [2.05, 4.69) is 0 Å². The molecular formula is C13H21NO6S. The summed E-state index contributed by atoms with van der Waals surface area (Å²) in [5.41, 5.74) is 0. The van der Waals surface area contributed by atoms with Crippen LogP contribution in [0.1, 0.15) is 32.1 Å². The van der Waals surface area contributed by atoms with Gasteiger partial charge in [-0.15, -0.1) is 0 Å². The van der Waals surface area contributed by atoms with Crippen LogP contribution >= 0.6 is 0 Å². The number of carbonyl (C=O) groups is 2. The van der Waals surface area contributed by atoms with E-state index >= 15 is 0 Å². The molecule has 2 saturated heterocycles. The van der Waals surface area contributed by atoms with E-state index in [-0.39, 0.29) is 45.1 Å². The number of ether oxygens (including phenoxy) is 1. The lowest BCUT2D eigenvalue weighted by Gasteiger charge is -2.39. The first kappa shape index (κ1) is 16.4. The van der Waals surface area contributed by atoms with Gasteiger partial charge in [0.25, 0.3) is 0 Å². The topological polar surface area (TPSA) is 101 Å². The number of nitrogens with zero attached hydrogens (tertiary/aromatic N) is 1. The summed E-state index contributed by atoms with van der Waals surface area (Å²) in [6.07, 6.45) is 2.46. The van der Waals surface area contributed by atoms with Crippen molar-refractivity contribution in [2.75, 3.05) is 26.3 Å². The van der Waals surface area contributed by atoms with Crippen LogP contribution in [-0.4, -0.2) is 61.1 Å². The molecule has 2 aliphatic rings. The zero-order valence-corrected chi connectivity index (χ0v) is 12.7. The van der Waals surface area contributed by atoms with Gasteiger partial charge in [-0.05, 0) is 18.8 Å². The molecule has 0 aromatic rings. The van der Waals surface area contributed by atoms with Crippen molar-refractivity contribution in [2.24, 2.45) is 5.92 Å². The molecule has 2 aliphatic heterocycles. The summed E-state index contributed by atoms with van der Waals surface area (Å²) < 4.78 is 30.2. The first-order chi connectivity index (χ1) is 9.94. The number of sulfonamides is 1. The van der Waals surface area contributed by atoms with E-state index in [4.69, 9.17) is 4.74 Å². The summed E-state index contributed by atoms with van der Waals surface area (Å²) >= 11 is 0. The van der Waals surface area contributed by atoms with Gasteiger partial charge in [0.1, 0.15) is 6.29 Å². The lowest BCUT2D eigenvalue weighted by Crippen LogP contribution is -2.57. The quantitative estimate of drug-likeness (QED) is 0.729. The normalized spacial score (nSPS) is 24.6. The molecule has 120 valence electrons. The monoisotopic (exact) mass is 319 g/mol. The van der Waals surface area contributed by atoms with Crippen LogP contribution in [0.4, 0.5) is 0 Å². The molecule has 0 aromatic carbocycles. The Labute approximate surface area is 124 Å². The standard InChI is InChI=1S/C13H21NO6S/c15-8-3-11-1-6-14(7-2-11)21(18,19)13(12(16)17)4-9-20-10-5-13/h8,11H,1-7,9-10H2,(H,16,17). The first-order valence-electron chi connectivity index (χ1n) is 7.18. The minimum atomic E-state index is -3.92. The van der Waals surface area contributed by atoms with Gasteiger partial charge in [-0.1, -0.05) is 0 Å². The second kappa shape index (κ2) is 6.41. The van der Waals surface area contributed by atoms with E-state index in [1.54, 1.807) is 0 Å². The second-order valence-electron chi connectivity index (χ2n) is 5.66. The maximum atomic E-state index is 12.8. The molecule has 8 heteroatoms. The largest absolute Gasteiger partial charge is 0.480 e. The Morgan fingerprint density at radius 1 is 1.29 bits per heavy atom. The minimum Gasteiger partial charge on any atom is -0.480 e. The van der Waals surface area contributed by atoms with Crippen LogP contribution in [0, 0.1) is 5.92 Å². The van der Waals surface area contributed by atoms with Crippen molar-refractivity contribution < 1.29 is 27.9 Å². The van der Waals surface area contributed by atoms with E-state index < -0.39 is 20.7 Å². The van der Waals surface area contributed by atoms with Crippen LogP contribution in [-0.2, 0) is 24.3 Å². The number of piperidine rings is 1. The zero-order chi connectivity index (χ0) is 15.5. The molecule has 0 atom stereocenters. The number of carboxylic acids is 1. The lowest BCUT2D eigenvalue weighted by molar-refractivity contribution is -0.142. The van der Waals surface area contributed by atoms with Crippen molar-refractivity contribution in [3.63, 3.8) is 0 Å². The molecule has 0 aromatic heterocycles. The van der Waals surface area contributed by atoms with Gasteiger partial charge in [0.15, 0.2) is 4.75 Å². The molecular weight excluding hydrogens is 298 g/mol. The predicted molar refractivity (Wildman–Crippen MR) is 74.3 cm³/mol. The fraction of sp³-hybridized carbons (Fsp3) is 0.846. The van der Waals surface area contributed by atoms with Gasteiger partial charge < -0.3 is 14.6 Å². The van der Waals surface area contributed by atoms with E-state index in [1.165, 1.54) is 4.31 Å². The zero-order valence-electron chi connectivity index (χ0n) is 11.9. The number of aldehydes is 1. The Morgan fingerprint density at radius 2 is 1.86 bits per heavy atom. The highest BCUT2D eigenvalue weighted by molar-refractivity contribution is 7.91. The Balaban J connectivity index is 2.17. The van der Waals surface area contributed by atoms with Crippen molar-refractivity contribution >= 4 is 22.3 Å². The first-order valence-corrected chi connectivity index (χ1v) is 8.62. The molecule has 0 amide bonds. The average molecular weight is 319 g/mol. The number of aliphatic carboxylic acids is 1. The smallest absolute Gasteiger partial charge is 0.326 e. The highest BCUT2D eigenvalue weighted by atomic mass is 32.2. The predicted octanol–water partition coefficient (Wildman–Crippen LogP) is 0.251. The van der Waals surface area contributed by atoms with E-state index in [9.17, 15) is 23.1 Å². The molecule has 2 heterocycles. The van der Waals surface area contributed by atoms with E-state index in [1.807, 2.05) is 0 Å². The molecule has 1 N–H and O–H groups in total. The molecule has 0 bridgehead atoms. The summed E-state index contributed by atoms with van der Waals surface area (Å²) in [6, 6.07) is 0. The molecule has 0 saturated carbocycles. The van der Waals surface area contributed by atoms with Crippen molar-refractivity contribution in [2.45, 2.75) is 36.9 Å². The molecule has 2 fully saturated rings. The maximum absolute atomic E-state index is 12.8. The lowest BCUT2D eigenvalue weighted by atomic mass is 9.95. The molecule has 0 spiro atoms. The summed E-state index contributed by atoms with van der Waals surface area (Å²) in [6.45, 7) is 0.869. The van der Waals surface area contributed by atoms with Gasteiger partial charge in [0.05, 0.1) is 0 Å². The summed E-state index contributed by atoms with van der Waals surface area (Å²) in [7, 11) is -3.92. The third-order valence-electron chi connectivity index (χ3n) is 4.53. The Kier molecular flexibility index (Phi) is 5.00. The molecule has 0 radical (unpaired) electrons. The highest BCUT2D eigenvalue weighted by Crippen LogP contribution is 2.35. The Bertz CT molecular complexity index is 489. The summed E-state index contributed by atoms with van der Waals surface area (Å²) in [4.78, 5) is 22.1. The van der Waals surface area contributed by atoms with Gasteiger partial charge in [-0.2, -0.15) is 0 Å². The van der Waals surface area contributed by atoms with Crippen LogP contribution in [0.25, 0.3) is 0 Å². The Hall–Kier alpha value is -0.990. The number of carbonyl (C=O) groups excluding carboxylic acids is 1.